The molecule has 0 aliphatic carbocycles. The molecule has 14 heteroatoms. The number of nitrogens with one attached hydrogen (secondary N) is 1. The molecule has 398 valence electrons. The van der Waals surface area contributed by atoms with Gasteiger partial charge in [0.2, 0.25) is 5.91 Å². The lowest BCUT2D eigenvalue weighted by atomic mass is 9.97. The lowest BCUT2D eigenvalue weighted by Crippen LogP contribution is -2.65. The molecule has 0 bridgehead atoms. The van der Waals surface area contributed by atoms with E-state index in [1.165, 1.54) is 161 Å². The standard InChI is InChI=1S/C53H103NO13/c1-3-5-7-9-11-13-15-17-18-19-20-21-22-23-24-25-27-29-31-33-35-37-45(58)54-41(42(57)36-34-32-30-28-26-16-14-12-10-8-6-4-2)40-64-52-50(63)48(61)51(44(39-56)66-52)67-53-49(62)47(60)46(59)43(38-55)65-53/h41-44,46-53,55-57,59-63H,3-40H2,1-2H3,(H,54,58)/t41-,42+,43+,44+,46-,47?,48?,49?,50?,51+,52+,53-/m0/s1. The summed E-state index contributed by atoms with van der Waals surface area (Å²) in [7, 11) is 0. The van der Waals surface area contributed by atoms with E-state index in [1.807, 2.05) is 0 Å². The Morgan fingerprint density at radius 1 is 0.478 bits per heavy atom. The van der Waals surface area contributed by atoms with E-state index in [9.17, 15) is 45.6 Å². The van der Waals surface area contributed by atoms with Gasteiger partial charge in [-0.05, 0) is 12.8 Å². The van der Waals surface area contributed by atoms with E-state index in [2.05, 4.69) is 19.2 Å². The van der Waals surface area contributed by atoms with Gasteiger partial charge in [-0.3, -0.25) is 4.79 Å². The van der Waals surface area contributed by atoms with Crippen molar-refractivity contribution in [2.45, 2.75) is 312 Å². The van der Waals surface area contributed by atoms with E-state index in [1.54, 1.807) is 0 Å². The molecule has 0 aromatic heterocycles. The molecule has 4 unspecified atom stereocenters. The third kappa shape index (κ3) is 27.4. The minimum Gasteiger partial charge on any atom is -0.394 e. The van der Waals surface area contributed by atoms with Crippen LogP contribution in [0.1, 0.15) is 239 Å². The molecule has 9 N–H and O–H groups in total. The summed E-state index contributed by atoms with van der Waals surface area (Å²) in [6, 6.07) is -0.821. The fourth-order valence-corrected chi connectivity index (χ4v) is 9.53. The van der Waals surface area contributed by atoms with Crippen LogP contribution in [0.15, 0.2) is 0 Å². The van der Waals surface area contributed by atoms with Gasteiger partial charge in [-0.2, -0.15) is 0 Å². The third-order valence-corrected chi connectivity index (χ3v) is 14.1. The van der Waals surface area contributed by atoms with Gasteiger partial charge in [-0.25, -0.2) is 0 Å². The van der Waals surface area contributed by atoms with E-state index >= 15 is 0 Å². The number of carbonyl (C=O) groups excluding carboxylic acids is 1. The summed E-state index contributed by atoms with van der Waals surface area (Å²) in [5.74, 6) is -0.202. The van der Waals surface area contributed by atoms with Crippen molar-refractivity contribution in [1.82, 2.24) is 5.32 Å². The lowest BCUT2D eigenvalue weighted by molar-refractivity contribution is -0.359. The maximum atomic E-state index is 13.2. The van der Waals surface area contributed by atoms with Gasteiger partial charge in [0.15, 0.2) is 12.6 Å². The second-order valence-electron chi connectivity index (χ2n) is 20.1. The number of rotatable bonds is 44. The first-order valence-corrected chi connectivity index (χ1v) is 27.8. The highest BCUT2D eigenvalue weighted by Crippen LogP contribution is 2.30. The average molecular weight is 962 g/mol. The highest BCUT2D eigenvalue weighted by Gasteiger charge is 2.51. The van der Waals surface area contributed by atoms with E-state index < -0.39 is 86.8 Å². The number of aliphatic hydroxyl groups is 8. The van der Waals surface area contributed by atoms with Crippen LogP contribution in [0.5, 0.6) is 0 Å². The molecule has 2 saturated heterocycles. The second-order valence-corrected chi connectivity index (χ2v) is 20.1. The van der Waals surface area contributed by atoms with Crippen LogP contribution >= 0.6 is 0 Å². The van der Waals surface area contributed by atoms with Crippen molar-refractivity contribution in [1.29, 1.82) is 0 Å². The van der Waals surface area contributed by atoms with Crippen LogP contribution in [0.25, 0.3) is 0 Å². The molecule has 14 nitrogen and oxygen atoms in total. The fraction of sp³-hybridized carbons (Fsp3) is 0.981. The van der Waals surface area contributed by atoms with Crippen LogP contribution in [-0.2, 0) is 23.7 Å². The second kappa shape index (κ2) is 40.6. The zero-order valence-electron chi connectivity index (χ0n) is 42.4. The molecule has 0 aromatic carbocycles. The summed E-state index contributed by atoms with van der Waals surface area (Å²) in [6.07, 6.45) is 25.4. The highest BCUT2D eigenvalue weighted by molar-refractivity contribution is 5.76. The predicted octanol–water partition coefficient (Wildman–Crippen LogP) is 8.17. The molecule has 2 rings (SSSR count). The Morgan fingerprint density at radius 2 is 0.851 bits per heavy atom. The van der Waals surface area contributed by atoms with Crippen LogP contribution in [0.2, 0.25) is 0 Å². The molecule has 2 aliphatic heterocycles. The summed E-state index contributed by atoms with van der Waals surface area (Å²) in [5, 5.41) is 87.0. The monoisotopic (exact) mass is 962 g/mol. The summed E-state index contributed by atoms with van der Waals surface area (Å²) >= 11 is 0. The topological polar surface area (TPSA) is 228 Å². The number of hydrogen-bond donors (Lipinski definition) is 9. The van der Waals surface area contributed by atoms with Crippen LogP contribution in [0, 0.1) is 0 Å². The summed E-state index contributed by atoms with van der Waals surface area (Å²) in [4.78, 5) is 13.2. The Bertz CT molecular complexity index is 1140. The lowest BCUT2D eigenvalue weighted by Gasteiger charge is -2.46. The van der Waals surface area contributed by atoms with E-state index in [-0.39, 0.29) is 12.5 Å². The van der Waals surface area contributed by atoms with Crippen molar-refractivity contribution < 1.29 is 64.6 Å². The quantitative estimate of drug-likeness (QED) is 0.0263. The first-order valence-electron chi connectivity index (χ1n) is 27.8. The maximum Gasteiger partial charge on any atom is 0.220 e. The molecule has 12 atom stereocenters. The van der Waals surface area contributed by atoms with Crippen LogP contribution in [-0.4, -0.2) is 140 Å². The van der Waals surface area contributed by atoms with Gasteiger partial charge in [0.1, 0.15) is 48.8 Å². The average Bonchev–Trinajstić information content (AvgIpc) is 3.32. The van der Waals surface area contributed by atoms with Gasteiger partial charge in [0, 0.05) is 6.42 Å². The summed E-state index contributed by atoms with van der Waals surface area (Å²) < 4.78 is 22.8. The summed E-state index contributed by atoms with van der Waals surface area (Å²) in [5.41, 5.74) is 0. The third-order valence-electron chi connectivity index (χ3n) is 14.1. The van der Waals surface area contributed by atoms with Crippen LogP contribution < -0.4 is 5.32 Å². The molecule has 0 radical (unpaired) electrons. The molecular weight excluding hydrogens is 859 g/mol. The van der Waals surface area contributed by atoms with E-state index in [0.717, 1.165) is 51.4 Å². The van der Waals surface area contributed by atoms with Crippen LogP contribution in [0.3, 0.4) is 0 Å². The SMILES string of the molecule is CCCCCCCCCCCCCCCCCCCCCCCC(=O)N[C@@H](CO[C@@H]1O[C@H](CO)[C@@H](O[C@@H]2O[C@H](CO)[C@H](O)C(O)C2O)C(O)C1O)[C@H](O)CCCCCCCCCCCCCC. The largest absolute Gasteiger partial charge is 0.394 e. The van der Waals surface area contributed by atoms with E-state index in [4.69, 9.17) is 18.9 Å². The Morgan fingerprint density at radius 3 is 1.27 bits per heavy atom. The van der Waals surface area contributed by atoms with Crippen LogP contribution in [0.4, 0.5) is 0 Å². The fourth-order valence-electron chi connectivity index (χ4n) is 9.53. The van der Waals surface area contributed by atoms with E-state index in [0.29, 0.717) is 12.8 Å². The van der Waals surface area contributed by atoms with Crippen molar-refractivity contribution in [3.8, 4) is 0 Å². The molecular formula is C53H103NO13. The Kier molecular flexibility index (Phi) is 37.6. The van der Waals surface area contributed by atoms with Gasteiger partial charge < -0.3 is 65.1 Å². The Labute approximate surface area is 406 Å². The van der Waals surface area contributed by atoms with Crippen molar-refractivity contribution in [2.24, 2.45) is 0 Å². The van der Waals surface area contributed by atoms with Crippen molar-refractivity contribution in [3.63, 3.8) is 0 Å². The zero-order chi connectivity index (χ0) is 48.9. The normalized spacial score (nSPS) is 26.5. The van der Waals surface area contributed by atoms with Gasteiger partial charge in [0.25, 0.3) is 0 Å². The molecule has 0 saturated carbocycles. The number of carbonyl (C=O) groups is 1. The minimum absolute atomic E-state index is 0.202. The maximum absolute atomic E-state index is 13.2. The summed E-state index contributed by atoms with van der Waals surface area (Å²) in [6.45, 7) is 2.87. The molecule has 0 spiro atoms. The first-order chi connectivity index (χ1) is 32.6. The molecule has 2 aliphatic rings. The molecule has 2 fully saturated rings. The molecule has 0 aromatic rings. The highest BCUT2D eigenvalue weighted by atomic mass is 16.7. The number of aliphatic hydroxyl groups excluding tert-OH is 8. The molecule has 2 heterocycles. The van der Waals surface area contributed by atoms with Gasteiger partial charge in [-0.1, -0.05) is 219 Å². The Hall–Kier alpha value is -1.01. The first kappa shape index (κ1) is 62.1. The molecule has 1 amide bonds. The predicted molar refractivity (Wildman–Crippen MR) is 263 cm³/mol. The molecule has 67 heavy (non-hydrogen) atoms. The zero-order valence-corrected chi connectivity index (χ0v) is 42.4. The number of ether oxygens (including phenoxy) is 4. The number of hydrogen-bond acceptors (Lipinski definition) is 13. The van der Waals surface area contributed by atoms with Gasteiger partial charge >= 0.3 is 0 Å². The van der Waals surface area contributed by atoms with Crippen molar-refractivity contribution in [3.05, 3.63) is 0 Å². The van der Waals surface area contributed by atoms with Crippen molar-refractivity contribution in [2.75, 3.05) is 19.8 Å². The van der Waals surface area contributed by atoms with Crippen molar-refractivity contribution >= 4 is 5.91 Å². The number of amides is 1. The van der Waals surface area contributed by atoms with Gasteiger partial charge in [0.05, 0.1) is 32.0 Å². The van der Waals surface area contributed by atoms with Gasteiger partial charge in [-0.15, -0.1) is 0 Å². The Balaban J connectivity index is 1.75. The smallest absolute Gasteiger partial charge is 0.220 e. The minimum atomic E-state index is -1.78. The number of unbranched alkanes of at least 4 members (excludes halogenated alkanes) is 31.